The second-order valence-electron chi connectivity index (χ2n) is 6.72. The maximum Gasteiger partial charge on any atom is 0.337 e. The third kappa shape index (κ3) is 4.10. The molecule has 2 heterocycles. The van der Waals surface area contributed by atoms with Gasteiger partial charge in [-0.1, -0.05) is 12.1 Å². The van der Waals surface area contributed by atoms with Gasteiger partial charge in [0.05, 0.1) is 36.8 Å². The van der Waals surface area contributed by atoms with Gasteiger partial charge in [-0.05, 0) is 55.0 Å². The molecule has 0 bridgehead atoms. The predicted octanol–water partition coefficient (Wildman–Crippen LogP) is 4.41. The van der Waals surface area contributed by atoms with Crippen LogP contribution in [0, 0.1) is 0 Å². The molecule has 0 saturated heterocycles. The van der Waals surface area contributed by atoms with Crippen molar-refractivity contribution in [3.05, 3.63) is 70.6 Å². The number of nitrogens with zero attached hydrogens (tertiary/aromatic N) is 3. The minimum atomic E-state index is -0.406. The van der Waals surface area contributed by atoms with Crippen LogP contribution in [0.1, 0.15) is 22.8 Å². The van der Waals surface area contributed by atoms with Crippen LogP contribution in [0.25, 0.3) is 17.3 Å². The second-order valence-corrected chi connectivity index (χ2v) is 7.55. The van der Waals surface area contributed by atoms with Gasteiger partial charge in [0.1, 0.15) is 5.75 Å². The smallest absolute Gasteiger partial charge is 0.337 e. The van der Waals surface area contributed by atoms with Crippen LogP contribution in [0.15, 0.2) is 64.6 Å². The van der Waals surface area contributed by atoms with E-state index in [-0.39, 0.29) is 5.91 Å². The number of thiazole rings is 1. The van der Waals surface area contributed by atoms with Crippen LogP contribution >= 0.6 is 11.3 Å². The first kappa shape index (κ1) is 20.5. The van der Waals surface area contributed by atoms with Crippen LogP contribution in [0.3, 0.4) is 0 Å². The number of hydrazone groups is 1. The summed E-state index contributed by atoms with van der Waals surface area (Å²) in [7, 11) is 2.95. The Morgan fingerprint density at radius 1 is 1.06 bits per heavy atom. The molecule has 2 aromatic carbocycles. The molecule has 8 heteroatoms. The Kier molecular flexibility index (Phi) is 5.64. The molecule has 1 aliphatic heterocycles. The molecule has 1 aromatic heterocycles. The highest BCUT2D eigenvalue weighted by Gasteiger charge is 2.30. The molecule has 0 spiro atoms. The SMILES string of the molecule is COC(=O)c1ccc(/C=C2/C(=O)N(c3nc(-c4ccc(OC)cc4)cs3)N=C2C)cc1. The number of aromatic nitrogens is 1. The monoisotopic (exact) mass is 433 g/mol. The van der Waals surface area contributed by atoms with Crippen LogP contribution in [0.2, 0.25) is 0 Å². The summed E-state index contributed by atoms with van der Waals surface area (Å²) in [5.41, 5.74) is 4.00. The number of amides is 1. The molecular weight excluding hydrogens is 414 g/mol. The lowest BCUT2D eigenvalue weighted by Crippen LogP contribution is -2.21. The van der Waals surface area contributed by atoms with Crippen molar-refractivity contribution in [1.29, 1.82) is 0 Å². The van der Waals surface area contributed by atoms with Gasteiger partial charge in [0.2, 0.25) is 5.13 Å². The summed E-state index contributed by atoms with van der Waals surface area (Å²) < 4.78 is 9.89. The van der Waals surface area contributed by atoms with Gasteiger partial charge in [-0.3, -0.25) is 4.79 Å². The first-order chi connectivity index (χ1) is 15.0. The summed E-state index contributed by atoms with van der Waals surface area (Å²) in [6.07, 6.45) is 1.75. The molecule has 7 nitrogen and oxygen atoms in total. The fourth-order valence-corrected chi connectivity index (χ4v) is 3.85. The molecule has 0 fully saturated rings. The second kappa shape index (κ2) is 8.53. The zero-order valence-corrected chi connectivity index (χ0v) is 18.0. The van der Waals surface area contributed by atoms with Crippen LogP contribution in [0.4, 0.5) is 5.13 Å². The molecule has 0 saturated carbocycles. The molecule has 0 unspecified atom stereocenters. The molecule has 0 N–H and O–H groups in total. The number of carbonyl (C=O) groups excluding carboxylic acids is 2. The zero-order chi connectivity index (χ0) is 22.0. The number of carbonyl (C=O) groups is 2. The quantitative estimate of drug-likeness (QED) is 0.440. The fourth-order valence-electron chi connectivity index (χ4n) is 3.07. The minimum absolute atomic E-state index is 0.245. The third-order valence-electron chi connectivity index (χ3n) is 4.76. The van der Waals surface area contributed by atoms with E-state index in [9.17, 15) is 9.59 Å². The third-order valence-corrected chi connectivity index (χ3v) is 5.58. The lowest BCUT2D eigenvalue weighted by molar-refractivity contribution is -0.114. The molecule has 0 radical (unpaired) electrons. The minimum Gasteiger partial charge on any atom is -0.497 e. The fraction of sp³-hybridized carbons (Fsp3) is 0.130. The van der Waals surface area contributed by atoms with Gasteiger partial charge in [0.25, 0.3) is 5.91 Å². The van der Waals surface area contributed by atoms with Gasteiger partial charge >= 0.3 is 5.97 Å². The lowest BCUT2D eigenvalue weighted by Gasteiger charge is -2.07. The highest BCUT2D eigenvalue weighted by molar-refractivity contribution is 7.14. The predicted molar refractivity (Wildman–Crippen MR) is 120 cm³/mol. The topological polar surface area (TPSA) is 81.1 Å². The van der Waals surface area contributed by atoms with E-state index in [1.54, 1.807) is 44.4 Å². The number of benzene rings is 2. The summed E-state index contributed by atoms with van der Waals surface area (Å²) in [5.74, 6) is 0.116. The van der Waals surface area contributed by atoms with Crippen molar-refractivity contribution in [3.63, 3.8) is 0 Å². The van der Waals surface area contributed by atoms with Gasteiger partial charge in [0, 0.05) is 10.9 Å². The van der Waals surface area contributed by atoms with E-state index < -0.39 is 5.97 Å². The number of esters is 1. The van der Waals surface area contributed by atoms with Crippen LogP contribution in [-0.2, 0) is 9.53 Å². The van der Waals surface area contributed by atoms with Gasteiger partial charge in [-0.15, -0.1) is 11.3 Å². The average molecular weight is 433 g/mol. The van der Waals surface area contributed by atoms with Crippen molar-refractivity contribution < 1.29 is 19.1 Å². The Bertz CT molecular complexity index is 1190. The van der Waals surface area contributed by atoms with Crippen molar-refractivity contribution in [2.24, 2.45) is 5.10 Å². The molecule has 1 aliphatic rings. The van der Waals surface area contributed by atoms with E-state index in [2.05, 4.69) is 10.1 Å². The Morgan fingerprint density at radius 2 is 1.77 bits per heavy atom. The number of rotatable bonds is 5. The molecular formula is C23H19N3O4S. The standard InChI is InChI=1S/C23H19N3O4S/c1-14-19(12-15-4-6-17(7-5-15)22(28)30-3)21(27)26(25-14)23-24-20(13-31-23)16-8-10-18(29-2)11-9-16/h4-13H,1-3H3/b19-12+. The molecule has 3 aromatic rings. The van der Waals surface area contributed by atoms with E-state index >= 15 is 0 Å². The average Bonchev–Trinajstić information content (AvgIpc) is 3.39. The summed E-state index contributed by atoms with van der Waals surface area (Å²) >= 11 is 1.35. The van der Waals surface area contributed by atoms with Gasteiger partial charge < -0.3 is 9.47 Å². The van der Waals surface area contributed by atoms with Crippen molar-refractivity contribution >= 4 is 40.1 Å². The van der Waals surface area contributed by atoms with Crippen molar-refractivity contribution in [2.75, 3.05) is 19.2 Å². The summed E-state index contributed by atoms with van der Waals surface area (Å²) in [6.45, 7) is 1.78. The van der Waals surface area contributed by atoms with Crippen molar-refractivity contribution in [1.82, 2.24) is 4.98 Å². The molecule has 1 amide bonds. The maximum atomic E-state index is 13.0. The summed E-state index contributed by atoms with van der Waals surface area (Å²) in [4.78, 5) is 29.2. The highest BCUT2D eigenvalue weighted by Crippen LogP contribution is 2.32. The zero-order valence-electron chi connectivity index (χ0n) is 17.2. The number of hydrogen-bond acceptors (Lipinski definition) is 7. The van der Waals surface area contributed by atoms with E-state index in [0.717, 1.165) is 22.6 Å². The van der Waals surface area contributed by atoms with Crippen LogP contribution < -0.4 is 9.75 Å². The van der Waals surface area contributed by atoms with Gasteiger partial charge in [-0.2, -0.15) is 10.1 Å². The molecule has 0 atom stereocenters. The highest BCUT2D eigenvalue weighted by atomic mass is 32.1. The van der Waals surface area contributed by atoms with Crippen molar-refractivity contribution in [3.8, 4) is 17.0 Å². The molecule has 156 valence electrons. The Balaban J connectivity index is 1.56. The summed E-state index contributed by atoms with van der Waals surface area (Å²) in [5, 5.41) is 8.11. The largest absolute Gasteiger partial charge is 0.497 e. The van der Waals surface area contributed by atoms with Crippen molar-refractivity contribution in [2.45, 2.75) is 6.92 Å². The molecule has 31 heavy (non-hydrogen) atoms. The maximum absolute atomic E-state index is 13.0. The number of ether oxygens (including phenoxy) is 2. The first-order valence-electron chi connectivity index (χ1n) is 9.40. The molecule has 0 aliphatic carbocycles. The first-order valence-corrected chi connectivity index (χ1v) is 10.3. The van der Waals surface area contributed by atoms with Crippen LogP contribution in [0.5, 0.6) is 5.75 Å². The van der Waals surface area contributed by atoms with Crippen LogP contribution in [-0.4, -0.2) is 36.8 Å². The lowest BCUT2D eigenvalue weighted by atomic mass is 10.1. The van der Waals surface area contributed by atoms with Gasteiger partial charge in [-0.25, -0.2) is 9.78 Å². The number of hydrogen-bond donors (Lipinski definition) is 0. The number of anilines is 1. The Morgan fingerprint density at radius 3 is 2.42 bits per heavy atom. The van der Waals surface area contributed by atoms with E-state index in [1.165, 1.54) is 23.5 Å². The van der Waals surface area contributed by atoms with E-state index in [1.807, 2.05) is 29.6 Å². The number of methoxy groups -OCH3 is 2. The normalized spacial score (nSPS) is 14.7. The van der Waals surface area contributed by atoms with E-state index in [4.69, 9.17) is 9.47 Å². The Labute approximate surface area is 183 Å². The Hall–Kier alpha value is -3.78. The van der Waals surface area contributed by atoms with E-state index in [0.29, 0.717) is 22.0 Å². The summed E-state index contributed by atoms with van der Waals surface area (Å²) in [6, 6.07) is 14.4. The molecule has 4 rings (SSSR count). The van der Waals surface area contributed by atoms with Gasteiger partial charge in [0.15, 0.2) is 0 Å².